The van der Waals surface area contributed by atoms with Gasteiger partial charge < -0.3 is 0 Å². The Morgan fingerprint density at radius 2 is 1.68 bits per heavy atom. The van der Waals surface area contributed by atoms with Crippen LogP contribution in [0.3, 0.4) is 0 Å². The van der Waals surface area contributed by atoms with Gasteiger partial charge in [0.05, 0.1) is 10.7 Å². The molecule has 2 rings (SSSR count). The van der Waals surface area contributed by atoms with Crippen LogP contribution in [0.4, 0.5) is 0 Å². The molecule has 0 saturated carbocycles. The number of carbonyl (C=O) groups is 1. The average Bonchev–Trinajstić information content (AvgIpc) is 2.50. The van der Waals surface area contributed by atoms with Crippen molar-refractivity contribution in [1.82, 2.24) is 5.43 Å². The van der Waals surface area contributed by atoms with Crippen molar-refractivity contribution in [2.75, 3.05) is 0 Å². The van der Waals surface area contributed by atoms with Crippen LogP contribution in [0.15, 0.2) is 47.6 Å². The normalized spacial score (nSPS) is 11.4. The smallest absolute Gasteiger partial charge is 0.267 e. The molecule has 0 spiro atoms. The van der Waals surface area contributed by atoms with E-state index in [1.165, 1.54) is 0 Å². The molecule has 114 valence electrons. The summed E-state index contributed by atoms with van der Waals surface area (Å²) in [5, 5.41) is 5.77. The van der Waals surface area contributed by atoms with Crippen molar-refractivity contribution in [3.63, 3.8) is 0 Å². The van der Waals surface area contributed by atoms with Crippen LogP contribution in [0.5, 0.6) is 0 Å². The summed E-state index contributed by atoms with van der Waals surface area (Å²) in [7, 11) is 0. The van der Waals surface area contributed by atoms with Gasteiger partial charge in [0.25, 0.3) is 5.91 Å². The first-order valence-corrected chi connectivity index (χ1v) is 7.72. The number of carbonyl (C=O) groups excluding carboxylic acids is 1. The first kappa shape index (κ1) is 16.8. The summed E-state index contributed by atoms with van der Waals surface area (Å²) >= 11 is 17.8. The van der Waals surface area contributed by atoms with E-state index in [-0.39, 0.29) is 5.91 Å². The summed E-state index contributed by atoms with van der Waals surface area (Å²) in [5.74, 6) is -0.312. The number of hydrogen-bond donors (Lipinski definition) is 1. The molecule has 0 aliphatic heterocycles. The number of hydrogen-bond acceptors (Lipinski definition) is 2. The highest BCUT2D eigenvalue weighted by Crippen LogP contribution is 2.22. The Bertz CT molecular complexity index is 712. The van der Waals surface area contributed by atoms with E-state index in [9.17, 15) is 4.79 Å². The highest BCUT2D eigenvalue weighted by Gasteiger charge is 2.09. The standard InChI is InChI=1S/C16H13Cl3N2O/c1-2-15(13-8-7-12(18)9-14(13)19)20-21-16(22)10-3-5-11(17)6-4-10/h3-9H,2H2,1H3,(H,21,22)/b20-15+. The second kappa shape index (κ2) is 7.63. The van der Waals surface area contributed by atoms with Crippen molar-refractivity contribution in [2.45, 2.75) is 13.3 Å². The van der Waals surface area contributed by atoms with Gasteiger partial charge in [-0.2, -0.15) is 5.10 Å². The van der Waals surface area contributed by atoms with Crippen molar-refractivity contribution >= 4 is 46.4 Å². The molecule has 0 aromatic heterocycles. The fraction of sp³-hybridized carbons (Fsp3) is 0.125. The number of benzene rings is 2. The lowest BCUT2D eigenvalue weighted by Gasteiger charge is -2.08. The molecule has 0 aliphatic rings. The maximum absolute atomic E-state index is 12.0. The molecule has 3 nitrogen and oxygen atoms in total. The summed E-state index contributed by atoms with van der Waals surface area (Å²) in [5.41, 5.74) is 4.41. The van der Waals surface area contributed by atoms with Crippen LogP contribution in [0, 0.1) is 0 Å². The molecule has 1 amide bonds. The van der Waals surface area contributed by atoms with Gasteiger partial charge in [-0.3, -0.25) is 4.79 Å². The molecular weight excluding hydrogens is 343 g/mol. The van der Waals surface area contributed by atoms with Crippen LogP contribution in [0.25, 0.3) is 0 Å². The lowest BCUT2D eigenvalue weighted by molar-refractivity contribution is 0.0955. The number of amides is 1. The van der Waals surface area contributed by atoms with Gasteiger partial charge in [-0.25, -0.2) is 5.43 Å². The lowest BCUT2D eigenvalue weighted by atomic mass is 10.1. The maximum Gasteiger partial charge on any atom is 0.271 e. The maximum atomic E-state index is 12.0. The zero-order chi connectivity index (χ0) is 16.1. The number of nitrogens with one attached hydrogen (secondary N) is 1. The van der Waals surface area contributed by atoms with E-state index in [1.54, 1.807) is 42.5 Å². The fourth-order valence-electron chi connectivity index (χ4n) is 1.84. The van der Waals surface area contributed by atoms with Gasteiger partial charge in [0.15, 0.2) is 0 Å². The van der Waals surface area contributed by atoms with E-state index in [0.29, 0.717) is 32.8 Å². The summed E-state index contributed by atoms with van der Waals surface area (Å²) in [6.07, 6.45) is 0.613. The Labute approximate surface area is 143 Å². The lowest BCUT2D eigenvalue weighted by Crippen LogP contribution is -2.20. The molecule has 0 atom stereocenters. The van der Waals surface area contributed by atoms with E-state index in [1.807, 2.05) is 6.92 Å². The summed E-state index contributed by atoms with van der Waals surface area (Å²) < 4.78 is 0. The molecule has 0 fully saturated rings. The quantitative estimate of drug-likeness (QED) is 0.595. The molecule has 0 unspecified atom stereocenters. The number of halogens is 3. The highest BCUT2D eigenvalue weighted by atomic mass is 35.5. The first-order chi connectivity index (χ1) is 10.5. The average molecular weight is 356 g/mol. The third kappa shape index (κ3) is 4.23. The van der Waals surface area contributed by atoms with E-state index in [2.05, 4.69) is 10.5 Å². The molecule has 0 heterocycles. The zero-order valence-corrected chi connectivity index (χ0v) is 14.0. The summed E-state index contributed by atoms with van der Waals surface area (Å²) in [6.45, 7) is 1.93. The molecule has 0 bridgehead atoms. The van der Waals surface area contributed by atoms with Crippen molar-refractivity contribution in [2.24, 2.45) is 5.10 Å². The number of rotatable bonds is 4. The van der Waals surface area contributed by atoms with Gasteiger partial charge in [-0.1, -0.05) is 47.8 Å². The molecule has 22 heavy (non-hydrogen) atoms. The van der Waals surface area contributed by atoms with Crippen LogP contribution in [-0.4, -0.2) is 11.6 Å². The monoisotopic (exact) mass is 354 g/mol. The van der Waals surface area contributed by atoms with Crippen LogP contribution in [0.1, 0.15) is 29.3 Å². The minimum absolute atomic E-state index is 0.312. The van der Waals surface area contributed by atoms with Crippen LogP contribution >= 0.6 is 34.8 Å². The summed E-state index contributed by atoms with van der Waals surface area (Å²) in [6, 6.07) is 11.7. The van der Waals surface area contributed by atoms with Crippen molar-refractivity contribution in [3.8, 4) is 0 Å². The second-order valence-electron chi connectivity index (χ2n) is 4.48. The van der Waals surface area contributed by atoms with Crippen LogP contribution < -0.4 is 5.43 Å². The Balaban J connectivity index is 2.18. The molecule has 0 aliphatic carbocycles. The number of nitrogens with zero attached hydrogens (tertiary/aromatic N) is 1. The highest BCUT2D eigenvalue weighted by molar-refractivity contribution is 6.37. The molecule has 6 heteroatoms. The third-order valence-electron chi connectivity index (χ3n) is 2.98. The fourth-order valence-corrected chi connectivity index (χ4v) is 2.48. The predicted molar refractivity (Wildman–Crippen MR) is 92.2 cm³/mol. The predicted octanol–water partition coefficient (Wildman–Crippen LogP) is 5.19. The topological polar surface area (TPSA) is 41.5 Å². The molecule has 0 radical (unpaired) electrons. The first-order valence-electron chi connectivity index (χ1n) is 6.59. The summed E-state index contributed by atoms with van der Waals surface area (Å²) in [4.78, 5) is 12.0. The van der Waals surface area contributed by atoms with Crippen molar-refractivity contribution in [3.05, 3.63) is 68.7 Å². The molecule has 1 N–H and O–H groups in total. The Morgan fingerprint density at radius 1 is 1.05 bits per heavy atom. The van der Waals surface area contributed by atoms with Crippen molar-refractivity contribution in [1.29, 1.82) is 0 Å². The van der Waals surface area contributed by atoms with E-state index >= 15 is 0 Å². The number of hydrazone groups is 1. The molecular formula is C16H13Cl3N2O. The van der Waals surface area contributed by atoms with E-state index in [0.717, 1.165) is 5.56 Å². The molecule has 2 aromatic carbocycles. The molecule has 2 aromatic rings. The van der Waals surface area contributed by atoms with E-state index < -0.39 is 0 Å². The Morgan fingerprint density at radius 3 is 2.27 bits per heavy atom. The third-order valence-corrected chi connectivity index (χ3v) is 3.78. The second-order valence-corrected chi connectivity index (χ2v) is 5.76. The van der Waals surface area contributed by atoms with E-state index in [4.69, 9.17) is 34.8 Å². The Kier molecular flexibility index (Phi) is 5.83. The largest absolute Gasteiger partial charge is 0.271 e. The van der Waals surface area contributed by atoms with Gasteiger partial charge in [-0.05, 0) is 42.8 Å². The van der Waals surface area contributed by atoms with Gasteiger partial charge in [0.1, 0.15) is 0 Å². The minimum Gasteiger partial charge on any atom is -0.267 e. The zero-order valence-electron chi connectivity index (χ0n) is 11.7. The van der Waals surface area contributed by atoms with Gasteiger partial charge in [0.2, 0.25) is 0 Å². The SMILES string of the molecule is CC/C(=N\NC(=O)c1ccc(Cl)cc1)c1ccc(Cl)cc1Cl. The Hall–Kier alpha value is -1.55. The van der Waals surface area contributed by atoms with Crippen LogP contribution in [0.2, 0.25) is 15.1 Å². The molecule has 0 saturated heterocycles. The van der Waals surface area contributed by atoms with Gasteiger partial charge in [0, 0.05) is 21.2 Å². The minimum atomic E-state index is -0.312. The van der Waals surface area contributed by atoms with Gasteiger partial charge >= 0.3 is 0 Å². The van der Waals surface area contributed by atoms with Crippen LogP contribution in [-0.2, 0) is 0 Å². The van der Waals surface area contributed by atoms with Crippen molar-refractivity contribution < 1.29 is 4.79 Å². The van der Waals surface area contributed by atoms with Gasteiger partial charge in [-0.15, -0.1) is 0 Å².